The molecule has 4 rings (SSSR count). The van der Waals surface area contributed by atoms with Crippen LogP contribution in [0, 0.1) is 17.1 Å². The minimum Gasteiger partial charge on any atom is -0.447 e. The standard InChI is InChI=1S/C25H20FN5O2/c26-20-6-3-4-18(14-20)10-11-29-25-23(31(17-32)16-24-28-12-13-33-24)9-8-22(30-25)21-7-2-1-5-19(21)15-27/h1-9,12-14,17H,10-11,16H2,(H,29,30). The van der Waals surface area contributed by atoms with Crippen LogP contribution in [0.2, 0.25) is 0 Å². The fourth-order valence-corrected chi connectivity index (χ4v) is 3.44. The van der Waals surface area contributed by atoms with Gasteiger partial charge in [0.25, 0.3) is 0 Å². The fourth-order valence-electron chi connectivity index (χ4n) is 3.44. The Morgan fingerprint density at radius 1 is 1.15 bits per heavy atom. The van der Waals surface area contributed by atoms with Gasteiger partial charge in [-0.1, -0.05) is 30.3 Å². The van der Waals surface area contributed by atoms with Gasteiger partial charge in [-0.2, -0.15) is 5.26 Å². The lowest BCUT2D eigenvalue weighted by molar-refractivity contribution is -0.107. The van der Waals surface area contributed by atoms with Crippen molar-refractivity contribution in [2.45, 2.75) is 13.0 Å². The molecule has 0 atom stereocenters. The summed E-state index contributed by atoms with van der Waals surface area (Å²) in [6, 6.07) is 19.3. The van der Waals surface area contributed by atoms with Crippen LogP contribution in [0.1, 0.15) is 17.0 Å². The van der Waals surface area contributed by atoms with E-state index in [2.05, 4.69) is 16.4 Å². The zero-order chi connectivity index (χ0) is 23.0. The number of hydrogen-bond acceptors (Lipinski definition) is 6. The molecule has 0 radical (unpaired) electrons. The SMILES string of the molecule is N#Cc1ccccc1-c1ccc(N(C=O)Cc2ncco2)c(NCCc2cccc(F)c2)n1. The highest BCUT2D eigenvalue weighted by Crippen LogP contribution is 2.30. The monoisotopic (exact) mass is 441 g/mol. The van der Waals surface area contributed by atoms with E-state index in [1.54, 1.807) is 30.3 Å². The second kappa shape index (κ2) is 10.2. The Morgan fingerprint density at radius 2 is 2.03 bits per heavy atom. The summed E-state index contributed by atoms with van der Waals surface area (Å²) in [6.45, 7) is 0.587. The molecule has 0 bridgehead atoms. The average molecular weight is 441 g/mol. The molecule has 0 spiro atoms. The quantitative estimate of drug-likeness (QED) is 0.383. The predicted molar refractivity (Wildman–Crippen MR) is 122 cm³/mol. The van der Waals surface area contributed by atoms with E-state index in [0.717, 1.165) is 5.56 Å². The number of nitrogens with one attached hydrogen (secondary N) is 1. The van der Waals surface area contributed by atoms with Crippen molar-refractivity contribution >= 4 is 17.9 Å². The van der Waals surface area contributed by atoms with Gasteiger partial charge >= 0.3 is 0 Å². The number of pyridine rings is 1. The molecule has 0 unspecified atom stereocenters. The number of amides is 1. The van der Waals surface area contributed by atoms with Crippen molar-refractivity contribution in [3.05, 3.63) is 96.0 Å². The van der Waals surface area contributed by atoms with Crippen molar-refractivity contribution in [1.29, 1.82) is 5.26 Å². The molecule has 1 amide bonds. The van der Waals surface area contributed by atoms with E-state index < -0.39 is 0 Å². The summed E-state index contributed by atoms with van der Waals surface area (Å²) in [5, 5.41) is 12.7. The first-order chi connectivity index (χ1) is 16.2. The molecule has 0 saturated heterocycles. The van der Waals surface area contributed by atoms with Gasteiger partial charge in [-0.25, -0.2) is 14.4 Å². The molecule has 2 aromatic heterocycles. The van der Waals surface area contributed by atoms with E-state index in [1.165, 1.54) is 29.5 Å². The Bertz CT molecular complexity index is 1280. The summed E-state index contributed by atoms with van der Waals surface area (Å²) in [7, 11) is 0. The highest BCUT2D eigenvalue weighted by molar-refractivity contribution is 5.83. The third-order valence-corrected chi connectivity index (χ3v) is 5.02. The summed E-state index contributed by atoms with van der Waals surface area (Å²) in [6.07, 6.45) is 4.19. The Kier molecular flexibility index (Phi) is 6.71. The average Bonchev–Trinajstić information content (AvgIpc) is 3.36. The second-order valence-electron chi connectivity index (χ2n) is 7.19. The third kappa shape index (κ3) is 5.22. The molecule has 164 valence electrons. The zero-order valence-corrected chi connectivity index (χ0v) is 17.6. The number of nitriles is 1. The van der Waals surface area contributed by atoms with Crippen LogP contribution in [0.25, 0.3) is 11.3 Å². The molecule has 0 aliphatic heterocycles. The van der Waals surface area contributed by atoms with Gasteiger partial charge in [0.1, 0.15) is 18.6 Å². The Labute approximate surface area is 190 Å². The summed E-state index contributed by atoms with van der Waals surface area (Å²) in [4.78, 5) is 22.1. The van der Waals surface area contributed by atoms with Crippen LogP contribution >= 0.6 is 0 Å². The van der Waals surface area contributed by atoms with Crippen LogP contribution in [0.3, 0.4) is 0 Å². The summed E-state index contributed by atoms with van der Waals surface area (Å²) < 4.78 is 18.8. The van der Waals surface area contributed by atoms with Crippen LogP contribution in [0.4, 0.5) is 15.9 Å². The first-order valence-electron chi connectivity index (χ1n) is 10.3. The summed E-state index contributed by atoms with van der Waals surface area (Å²) >= 11 is 0. The lowest BCUT2D eigenvalue weighted by Gasteiger charge is -2.20. The van der Waals surface area contributed by atoms with Crippen molar-refractivity contribution in [2.75, 3.05) is 16.8 Å². The van der Waals surface area contributed by atoms with E-state index >= 15 is 0 Å². The number of carbonyl (C=O) groups excluding carboxylic acids is 1. The molecule has 0 saturated carbocycles. The number of aromatic nitrogens is 2. The highest BCUT2D eigenvalue weighted by atomic mass is 19.1. The first-order valence-corrected chi connectivity index (χ1v) is 10.3. The van der Waals surface area contributed by atoms with Gasteiger partial charge in [0.15, 0.2) is 5.82 Å². The van der Waals surface area contributed by atoms with Crippen LogP contribution < -0.4 is 10.2 Å². The Morgan fingerprint density at radius 3 is 2.79 bits per heavy atom. The van der Waals surface area contributed by atoms with Gasteiger partial charge in [-0.15, -0.1) is 0 Å². The van der Waals surface area contributed by atoms with Crippen LogP contribution in [-0.2, 0) is 17.8 Å². The van der Waals surface area contributed by atoms with Crippen LogP contribution in [-0.4, -0.2) is 22.9 Å². The van der Waals surface area contributed by atoms with E-state index in [0.29, 0.717) is 53.6 Å². The van der Waals surface area contributed by atoms with Crippen molar-refractivity contribution < 1.29 is 13.6 Å². The molecule has 0 aliphatic carbocycles. The van der Waals surface area contributed by atoms with Gasteiger partial charge in [-0.3, -0.25) is 4.79 Å². The Balaban J connectivity index is 1.65. The lowest BCUT2D eigenvalue weighted by Crippen LogP contribution is -2.23. The maximum Gasteiger partial charge on any atom is 0.214 e. The smallest absolute Gasteiger partial charge is 0.214 e. The van der Waals surface area contributed by atoms with Crippen molar-refractivity contribution in [3.8, 4) is 17.3 Å². The lowest BCUT2D eigenvalue weighted by atomic mass is 10.0. The third-order valence-electron chi connectivity index (χ3n) is 5.02. The minimum atomic E-state index is -0.292. The van der Waals surface area contributed by atoms with E-state index in [9.17, 15) is 14.4 Å². The molecule has 1 N–H and O–H groups in total. The van der Waals surface area contributed by atoms with Crippen molar-refractivity contribution in [2.24, 2.45) is 0 Å². The zero-order valence-electron chi connectivity index (χ0n) is 17.6. The normalized spacial score (nSPS) is 10.4. The molecule has 8 heteroatoms. The largest absolute Gasteiger partial charge is 0.447 e. The summed E-state index contributed by atoms with van der Waals surface area (Å²) in [5.41, 5.74) is 3.13. The Hall–Kier alpha value is -4.51. The molecule has 0 aliphatic rings. The number of carbonyl (C=O) groups is 1. The second-order valence-corrected chi connectivity index (χ2v) is 7.19. The molecule has 4 aromatic rings. The van der Waals surface area contributed by atoms with Gasteiger partial charge in [0.2, 0.25) is 12.3 Å². The van der Waals surface area contributed by atoms with Gasteiger partial charge in [0.05, 0.1) is 29.2 Å². The number of nitrogens with zero attached hydrogens (tertiary/aromatic N) is 4. The fraction of sp³-hybridized carbons (Fsp3) is 0.120. The molecule has 33 heavy (non-hydrogen) atoms. The van der Waals surface area contributed by atoms with Gasteiger partial charge < -0.3 is 14.6 Å². The summed E-state index contributed by atoms with van der Waals surface area (Å²) in [5.74, 6) is 0.543. The maximum absolute atomic E-state index is 13.5. The molecule has 7 nitrogen and oxygen atoms in total. The molecule has 0 fully saturated rings. The van der Waals surface area contributed by atoms with Crippen LogP contribution in [0.5, 0.6) is 0 Å². The number of oxazole rings is 1. The minimum absolute atomic E-state index is 0.130. The highest BCUT2D eigenvalue weighted by Gasteiger charge is 2.17. The molecule has 2 heterocycles. The van der Waals surface area contributed by atoms with Crippen molar-refractivity contribution in [3.63, 3.8) is 0 Å². The first kappa shape index (κ1) is 21.7. The van der Waals surface area contributed by atoms with Crippen LogP contribution in [0.15, 0.2) is 77.5 Å². The number of benzene rings is 2. The predicted octanol–water partition coefficient (Wildman–Crippen LogP) is 4.56. The topological polar surface area (TPSA) is 95.0 Å². The number of anilines is 2. The number of rotatable bonds is 9. The number of hydrogen-bond donors (Lipinski definition) is 1. The van der Waals surface area contributed by atoms with Gasteiger partial charge in [-0.05, 0) is 42.3 Å². The maximum atomic E-state index is 13.5. The van der Waals surface area contributed by atoms with Crippen molar-refractivity contribution in [1.82, 2.24) is 9.97 Å². The molecular formula is C25H20FN5O2. The number of halogens is 1. The van der Waals surface area contributed by atoms with E-state index in [4.69, 9.17) is 9.40 Å². The molecule has 2 aromatic carbocycles. The molecular weight excluding hydrogens is 421 g/mol. The van der Waals surface area contributed by atoms with E-state index in [1.807, 2.05) is 18.2 Å². The van der Waals surface area contributed by atoms with Gasteiger partial charge in [0, 0.05) is 12.1 Å². The van der Waals surface area contributed by atoms with E-state index in [-0.39, 0.29) is 12.4 Å².